The molecule has 0 amide bonds. The first-order valence-corrected chi connectivity index (χ1v) is 21.8. The number of benzene rings is 10. The van der Waals surface area contributed by atoms with Gasteiger partial charge < -0.3 is 18.3 Å². The number of hydrogen-bond acceptors (Lipinski definition) is 3. The lowest BCUT2D eigenvalue weighted by molar-refractivity contribution is 0.669. The van der Waals surface area contributed by atoms with Gasteiger partial charge >= 0.3 is 0 Å². The van der Waals surface area contributed by atoms with Crippen molar-refractivity contribution in [2.24, 2.45) is 0 Å². The number of nitrogens with zero attached hydrogens (tertiary/aromatic N) is 2. The number of rotatable bonds is 7. The average molecular weight is 819 g/mol. The molecule has 3 heterocycles. The highest BCUT2D eigenvalue weighted by Crippen LogP contribution is 2.47. The summed E-state index contributed by atoms with van der Waals surface area (Å²) in [6.45, 7) is 0. The average Bonchev–Trinajstić information content (AvgIpc) is 4.04. The molecule has 0 saturated carbocycles. The van der Waals surface area contributed by atoms with Crippen molar-refractivity contribution in [1.82, 2.24) is 4.57 Å². The van der Waals surface area contributed by atoms with E-state index in [9.17, 15) is 0 Å². The maximum Gasteiger partial charge on any atom is 0.143 e. The van der Waals surface area contributed by atoms with E-state index in [4.69, 9.17) is 8.83 Å². The Bertz CT molecular complexity index is 3910. The smallest absolute Gasteiger partial charge is 0.143 e. The van der Waals surface area contributed by atoms with Crippen LogP contribution >= 0.6 is 0 Å². The lowest BCUT2D eigenvalue weighted by atomic mass is 9.91. The predicted molar refractivity (Wildman–Crippen MR) is 266 cm³/mol. The zero-order valence-corrected chi connectivity index (χ0v) is 34.7. The SMILES string of the molecule is c1ccc(-c2ccccc2-n2c3ccccc3c3ccc(N(c4ccccc4)c4ccc(-c5cccc6c5oc5ccccc56)c(-c5cccc6c5oc5ccccc56)c4)cc32)cc1. The summed E-state index contributed by atoms with van der Waals surface area (Å²) < 4.78 is 15.9. The molecule has 10 aromatic carbocycles. The summed E-state index contributed by atoms with van der Waals surface area (Å²) in [5, 5.41) is 6.78. The van der Waals surface area contributed by atoms with Crippen LogP contribution in [0.1, 0.15) is 0 Å². The molecule has 0 saturated heterocycles. The van der Waals surface area contributed by atoms with Crippen LogP contribution in [0.2, 0.25) is 0 Å². The molecular formula is C60H38N2O2. The Hall–Kier alpha value is -8.60. The second-order valence-electron chi connectivity index (χ2n) is 16.4. The fourth-order valence-corrected chi connectivity index (χ4v) is 9.96. The third kappa shape index (κ3) is 5.63. The topological polar surface area (TPSA) is 34.5 Å². The van der Waals surface area contributed by atoms with Gasteiger partial charge in [-0.25, -0.2) is 0 Å². The van der Waals surface area contributed by atoms with Crippen LogP contribution < -0.4 is 4.90 Å². The van der Waals surface area contributed by atoms with Crippen molar-refractivity contribution in [2.45, 2.75) is 0 Å². The number of para-hydroxylation sites is 7. The molecular weight excluding hydrogens is 781 g/mol. The van der Waals surface area contributed by atoms with Crippen LogP contribution in [0.15, 0.2) is 239 Å². The zero-order valence-electron chi connectivity index (χ0n) is 34.7. The second-order valence-corrected chi connectivity index (χ2v) is 16.4. The Morgan fingerprint density at radius 2 is 0.812 bits per heavy atom. The zero-order chi connectivity index (χ0) is 42.1. The van der Waals surface area contributed by atoms with Gasteiger partial charge in [0.15, 0.2) is 0 Å². The van der Waals surface area contributed by atoms with E-state index in [1.807, 2.05) is 18.2 Å². The molecule has 0 unspecified atom stereocenters. The monoisotopic (exact) mass is 818 g/mol. The van der Waals surface area contributed by atoms with Crippen molar-refractivity contribution in [3.05, 3.63) is 231 Å². The van der Waals surface area contributed by atoms with Crippen molar-refractivity contribution >= 4 is 82.7 Å². The second kappa shape index (κ2) is 14.5. The fraction of sp³-hybridized carbons (Fsp3) is 0. The molecule has 64 heavy (non-hydrogen) atoms. The first kappa shape index (κ1) is 36.1. The molecule has 4 nitrogen and oxygen atoms in total. The quantitative estimate of drug-likeness (QED) is 0.161. The van der Waals surface area contributed by atoms with Crippen molar-refractivity contribution in [3.63, 3.8) is 0 Å². The molecule has 0 N–H and O–H groups in total. The maximum atomic E-state index is 6.77. The van der Waals surface area contributed by atoms with Gasteiger partial charge in [0.05, 0.1) is 16.7 Å². The van der Waals surface area contributed by atoms with Gasteiger partial charge in [-0.2, -0.15) is 0 Å². The van der Waals surface area contributed by atoms with Crippen LogP contribution in [0, 0.1) is 0 Å². The minimum Gasteiger partial charge on any atom is -0.455 e. The van der Waals surface area contributed by atoms with Crippen molar-refractivity contribution in [1.29, 1.82) is 0 Å². The summed E-state index contributed by atoms with van der Waals surface area (Å²) in [7, 11) is 0. The van der Waals surface area contributed by atoms with Crippen LogP contribution in [-0.4, -0.2) is 4.57 Å². The van der Waals surface area contributed by atoms with Gasteiger partial charge in [0.1, 0.15) is 22.3 Å². The first-order valence-electron chi connectivity index (χ1n) is 21.8. The van der Waals surface area contributed by atoms with Gasteiger partial charge in [0, 0.05) is 66.1 Å². The minimum atomic E-state index is 0.855. The standard InChI is InChI=1S/C60H38N2O2/c1-3-17-39(18-4-1)43-21-7-11-29-54(43)62-55-30-12-8-22-45(55)46-36-34-42(38-56(46)62)61(40-19-5-2-6-20-40)41-33-35-44(49-25-15-26-50-47-23-9-13-31-57(47)63-59(49)50)53(37-41)52-28-16-27-51-48-24-10-14-32-58(48)64-60(51)52/h1-38H. The Morgan fingerprint density at radius 1 is 0.297 bits per heavy atom. The molecule has 0 fully saturated rings. The summed E-state index contributed by atoms with van der Waals surface area (Å²) in [6.07, 6.45) is 0. The third-order valence-corrected chi connectivity index (χ3v) is 12.8. The normalized spacial score (nSPS) is 11.8. The lowest BCUT2D eigenvalue weighted by Crippen LogP contribution is -2.10. The lowest BCUT2D eigenvalue weighted by Gasteiger charge is -2.27. The molecule has 0 atom stereocenters. The summed E-state index contributed by atoms with van der Waals surface area (Å²) >= 11 is 0. The molecule has 0 radical (unpaired) electrons. The third-order valence-electron chi connectivity index (χ3n) is 12.8. The van der Waals surface area contributed by atoms with Crippen LogP contribution in [0.5, 0.6) is 0 Å². The Balaban J connectivity index is 1.07. The van der Waals surface area contributed by atoms with E-state index < -0.39 is 0 Å². The van der Waals surface area contributed by atoms with Gasteiger partial charge in [-0.1, -0.05) is 170 Å². The predicted octanol–water partition coefficient (Wildman–Crippen LogP) is 17.1. The van der Waals surface area contributed by atoms with E-state index in [0.29, 0.717) is 0 Å². The van der Waals surface area contributed by atoms with Gasteiger partial charge in [0.25, 0.3) is 0 Å². The van der Waals surface area contributed by atoms with E-state index in [-0.39, 0.29) is 0 Å². The summed E-state index contributed by atoms with van der Waals surface area (Å²) in [6, 6.07) is 82.1. The summed E-state index contributed by atoms with van der Waals surface area (Å²) in [4.78, 5) is 2.37. The molecule has 0 aliphatic rings. The fourth-order valence-electron chi connectivity index (χ4n) is 9.96. The minimum absolute atomic E-state index is 0.855. The first-order chi connectivity index (χ1) is 31.8. The van der Waals surface area contributed by atoms with E-state index in [0.717, 1.165) is 99.9 Å². The van der Waals surface area contributed by atoms with Crippen LogP contribution in [0.25, 0.3) is 105 Å². The Labute approximate surface area is 369 Å². The van der Waals surface area contributed by atoms with Gasteiger partial charge in [0.2, 0.25) is 0 Å². The molecule has 0 spiro atoms. The van der Waals surface area contributed by atoms with Crippen LogP contribution in [-0.2, 0) is 0 Å². The molecule has 300 valence electrons. The largest absolute Gasteiger partial charge is 0.455 e. The van der Waals surface area contributed by atoms with Crippen molar-refractivity contribution in [2.75, 3.05) is 4.90 Å². The Kier molecular flexibility index (Phi) is 8.18. The van der Waals surface area contributed by atoms with Crippen molar-refractivity contribution < 1.29 is 8.83 Å². The molecule has 3 aromatic heterocycles. The van der Waals surface area contributed by atoms with E-state index in [2.05, 4.69) is 222 Å². The molecule has 0 bridgehead atoms. The maximum absolute atomic E-state index is 6.77. The van der Waals surface area contributed by atoms with Crippen LogP contribution in [0.4, 0.5) is 17.1 Å². The highest BCUT2D eigenvalue weighted by atomic mass is 16.3. The van der Waals surface area contributed by atoms with Gasteiger partial charge in [-0.05, 0) is 77.4 Å². The summed E-state index contributed by atoms with van der Waals surface area (Å²) in [5.74, 6) is 0. The molecule has 13 aromatic rings. The van der Waals surface area contributed by atoms with Crippen molar-refractivity contribution in [3.8, 4) is 39.1 Å². The van der Waals surface area contributed by atoms with E-state index in [1.54, 1.807) is 0 Å². The summed E-state index contributed by atoms with van der Waals surface area (Å²) in [5.41, 5.74) is 16.5. The Morgan fingerprint density at radius 3 is 1.53 bits per heavy atom. The molecule has 0 aliphatic heterocycles. The molecule has 4 heteroatoms. The van der Waals surface area contributed by atoms with Crippen LogP contribution in [0.3, 0.4) is 0 Å². The number of aromatic nitrogens is 1. The highest BCUT2D eigenvalue weighted by molar-refractivity contribution is 6.15. The van der Waals surface area contributed by atoms with Gasteiger partial charge in [-0.15, -0.1) is 0 Å². The highest BCUT2D eigenvalue weighted by Gasteiger charge is 2.23. The number of furan rings is 2. The number of hydrogen-bond donors (Lipinski definition) is 0. The molecule has 13 rings (SSSR count). The van der Waals surface area contributed by atoms with E-state index in [1.165, 1.54) is 21.9 Å². The number of fused-ring (bicyclic) bond motifs is 9. The number of anilines is 3. The van der Waals surface area contributed by atoms with Gasteiger partial charge in [-0.3, -0.25) is 0 Å². The molecule has 0 aliphatic carbocycles. The van der Waals surface area contributed by atoms with E-state index >= 15 is 0 Å².